The van der Waals surface area contributed by atoms with E-state index >= 15 is 0 Å². The van der Waals surface area contributed by atoms with Gasteiger partial charge < -0.3 is 24.8 Å². The van der Waals surface area contributed by atoms with Crippen LogP contribution in [0.1, 0.15) is 35.6 Å². The molecule has 2 atom stereocenters. The van der Waals surface area contributed by atoms with E-state index < -0.39 is 12.1 Å². The van der Waals surface area contributed by atoms with Crippen LogP contribution in [0.15, 0.2) is 42.5 Å². The molecule has 6 heteroatoms. The number of ether oxygens (including phenoxy) is 2. The van der Waals surface area contributed by atoms with E-state index in [9.17, 15) is 9.90 Å². The third-order valence-corrected chi connectivity index (χ3v) is 5.77. The van der Waals surface area contributed by atoms with Crippen LogP contribution in [0.3, 0.4) is 0 Å². The summed E-state index contributed by atoms with van der Waals surface area (Å²) < 4.78 is 11.2. The van der Waals surface area contributed by atoms with Crippen molar-refractivity contribution in [3.05, 3.63) is 59.2 Å². The molecular weight excluding hydrogens is 380 g/mol. The molecule has 0 bridgehead atoms. The van der Waals surface area contributed by atoms with Gasteiger partial charge in [-0.2, -0.15) is 0 Å². The highest BCUT2D eigenvalue weighted by Crippen LogP contribution is 2.33. The second-order valence-corrected chi connectivity index (χ2v) is 8.19. The second kappa shape index (κ2) is 9.49. The largest absolute Gasteiger partial charge is 0.486 e. The molecule has 0 spiro atoms. The molecule has 0 aliphatic carbocycles. The van der Waals surface area contributed by atoms with Crippen LogP contribution in [0, 0.1) is 6.92 Å². The number of carbonyl (C=O) groups excluding carboxylic acids is 1. The minimum absolute atomic E-state index is 0.0837. The third kappa shape index (κ3) is 5.12. The van der Waals surface area contributed by atoms with Gasteiger partial charge >= 0.3 is 0 Å². The lowest BCUT2D eigenvalue weighted by Gasteiger charge is -2.29. The first-order valence-corrected chi connectivity index (χ1v) is 10.7. The smallest absolute Gasteiger partial charge is 0.224 e. The number of hydrogen-bond donors (Lipinski definition) is 2. The number of amides is 1. The zero-order valence-corrected chi connectivity index (χ0v) is 17.5. The molecule has 1 saturated heterocycles. The lowest BCUT2D eigenvalue weighted by molar-refractivity contribution is -0.122. The molecule has 4 rings (SSSR count). The van der Waals surface area contributed by atoms with Gasteiger partial charge in [0, 0.05) is 6.54 Å². The minimum Gasteiger partial charge on any atom is -0.486 e. The molecular formula is C24H30N2O4. The van der Waals surface area contributed by atoms with Gasteiger partial charge in [0.05, 0.1) is 12.5 Å². The topological polar surface area (TPSA) is 71.0 Å². The summed E-state index contributed by atoms with van der Waals surface area (Å²) in [5.74, 6) is 1.25. The van der Waals surface area contributed by atoms with Gasteiger partial charge in [-0.15, -0.1) is 0 Å². The Kier molecular flexibility index (Phi) is 6.55. The summed E-state index contributed by atoms with van der Waals surface area (Å²) in [6.07, 6.45) is 1.78. The van der Waals surface area contributed by atoms with Crippen LogP contribution in [0.5, 0.6) is 11.5 Å². The molecule has 2 unspecified atom stereocenters. The number of nitrogens with one attached hydrogen (secondary N) is 1. The average molecular weight is 411 g/mol. The number of rotatable bonds is 7. The summed E-state index contributed by atoms with van der Waals surface area (Å²) in [7, 11) is 0. The summed E-state index contributed by atoms with van der Waals surface area (Å²) in [6.45, 7) is 5.67. The fraction of sp³-hybridized carbons (Fsp3) is 0.458. The van der Waals surface area contributed by atoms with Gasteiger partial charge in [0.1, 0.15) is 19.3 Å². The first-order chi connectivity index (χ1) is 14.6. The first-order valence-electron chi connectivity index (χ1n) is 10.7. The van der Waals surface area contributed by atoms with E-state index in [1.807, 2.05) is 49.4 Å². The maximum atomic E-state index is 12.8. The van der Waals surface area contributed by atoms with E-state index in [1.54, 1.807) is 0 Å². The Bertz CT molecular complexity index is 862. The molecule has 0 saturated carbocycles. The SMILES string of the molecule is Cc1ccc(CC(=O)NC(CN2CCCC2)C(O)c2ccc3c(c2)OCCO3)cc1. The predicted molar refractivity (Wildman–Crippen MR) is 115 cm³/mol. The highest BCUT2D eigenvalue weighted by atomic mass is 16.6. The Balaban J connectivity index is 1.48. The molecule has 6 nitrogen and oxygen atoms in total. The van der Waals surface area contributed by atoms with E-state index in [0.717, 1.165) is 37.1 Å². The molecule has 160 valence electrons. The van der Waals surface area contributed by atoms with Crippen molar-refractivity contribution in [1.29, 1.82) is 0 Å². The monoisotopic (exact) mass is 410 g/mol. The molecule has 30 heavy (non-hydrogen) atoms. The van der Waals surface area contributed by atoms with E-state index in [4.69, 9.17) is 9.47 Å². The lowest BCUT2D eigenvalue weighted by Crippen LogP contribution is -2.47. The van der Waals surface area contributed by atoms with E-state index in [1.165, 1.54) is 5.56 Å². The Morgan fingerprint density at radius 2 is 1.77 bits per heavy atom. The number of aliphatic hydroxyl groups is 1. The van der Waals surface area contributed by atoms with Gasteiger partial charge in [-0.25, -0.2) is 0 Å². The molecule has 2 aromatic rings. The quantitative estimate of drug-likeness (QED) is 0.734. The zero-order chi connectivity index (χ0) is 20.9. The Morgan fingerprint density at radius 3 is 2.50 bits per heavy atom. The van der Waals surface area contributed by atoms with Crippen LogP contribution in [-0.4, -0.2) is 54.8 Å². The van der Waals surface area contributed by atoms with Crippen molar-refractivity contribution in [2.24, 2.45) is 0 Å². The Morgan fingerprint density at radius 1 is 1.07 bits per heavy atom. The molecule has 2 heterocycles. The first kappa shape index (κ1) is 20.7. The molecule has 2 aliphatic rings. The fourth-order valence-corrected chi connectivity index (χ4v) is 4.09. The van der Waals surface area contributed by atoms with Crippen LogP contribution < -0.4 is 14.8 Å². The van der Waals surface area contributed by atoms with E-state index in [0.29, 0.717) is 37.7 Å². The lowest BCUT2D eigenvalue weighted by atomic mass is 10.00. The second-order valence-electron chi connectivity index (χ2n) is 8.19. The molecule has 2 N–H and O–H groups in total. The van der Waals surface area contributed by atoms with E-state index in [2.05, 4.69) is 10.2 Å². The van der Waals surface area contributed by atoms with E-state index in [-0.39, 0.29) is 5.91 Å². The standard InChI is InChI=1S/C24H30N2O4/c1-17-4-6-18(7-5-17)14-23(27)25-20(16-26-10-2-3-11-26)24(28)19-8-9-21-22(15-19)30-13-12-29-21/h4-9,15,20,24,28H,2-3,10-14,16H2,1H3,(H,25,27). The zero-order valence-electron chi connectivity index (χ0n) is 17.5. The number of hydrogen-bond acceptors (Lipinski definition) is 5. The predicted octanol–water partition coefficient (Wildman–Crippen LogP) is 2.62. The molecule has 1 fully saturated rings. The normalized spacial score (nSPS) is 18.1. The van der Waals surface area contributed by atoms with Crippen molar-refractivity contribution >= 4 is 5.91 Å². The van der Waals surface area contributed by atoms with Crippen LogP contribution in [0.25, 0.3) is 0 Å². The number of benzene rings is 2. The fourth-order valence-electron chi connectivity index (χ4n) is 4.09. The Labute approximate surface area is 177 Å². The van der Waals surface area contributed by atoms with Crippen molar-refractivity contribution in [2.45, 2.75) is 38.3 Å². The van der Waals surface area contributed by atoms with Crippen LogP contribution in [0.2, 0.25) is 0 Å². The van der Waals surface area contributed by atoms with Crippen LogP contribution >= 0.6 is 0 Å². The van der Waals surface area contributed by atoms with Crippen molar-refractivity contribution in [3.63, 3.8) is 0 Å². The molecule has 2 aromatic carbocycles. The van der Waals surface area contributed by atoms with Gasteiger partial charge in [0.15, 0.2) is 11.5 Å². The summed E-state index contributed by atoms with van der Waals surface area (Å²) in [6, 6.07) is 13.1. The molecule has 0 aromatic heterocycles. The molecule has 0 radical (unpaired) electrons. The van der Waals surface area contributed by atoms with Gasteiger partial charge in [0.25, 0.3) is 0 Å². The van der Waals surface area contributed by atoms with Gasteiger partial charge in [-0.05, 0) is 56.1 Å². The Hall–Kier alpha value is -2.57. The van der Waals surface area contributed by atoms with Crippen LogP contribution in [-0.2, 0) is 11.2 Å². The number of aryl methyl sites for hydroxylation is 1. The molecule has 1 amide bonds. The maximum absolute atomic E-state index is 12.8. The highest BCUT2D eigenvalue weighted by Gasteiger charge is 2.27. The van der Waals surface area contributed by atoms with Crippen molar-refractivity contribution in [2.75, 3.05) is 32.8 Å². The highest BCUT2D eigenvalue weighted by molar-refractivity contribution is 5.79. The summed E-state index contributed by atoms with van der Waals surface area (Å²) in [4.78, 5) is 15.1. The number of aliphatic hydroxyl groups excluding tert-OH is 1. The number of likely N-dealkylation sites (tertiary alicyclic amines) is 1. The van der Waals surface area contributed by atoms with Crippen molar-refractivity contribution < 1.29 is 19.4 Å². The van der Waals surface area contributed by atoms with Gasteiger partial charge in [-0.1, -0.05) is 35.9 Å². The van der Waals surface area contributed by atoms with Gasteiger partial charge in [0.2, 0.25) is 5.91 Å². The average Bonchev–Trinajstić information content (AvgIpc) is 3.27. The summed E-state index contributed by atoms with van der Waals surface area (Å²) >= 11 is 0. The van der Waals surface area contributed by atoms with Crippen molar-refractivity contribution in [1.82, 2.24) is 10.2 Å². The van der Waals surface area contributed by atoms with Crippen molar-refractivity contribution in [3.8, 4) is 11.5 Å². The molecule has 2 aliphatic heterocycles. The number of carbonyl (C=O) groups is 1. The summed E-state index contributed by atoms with van der Waals surface area (Å²) in [5, 5.41) is 14.2. The third-order valence-electron chi connectivity index (χ3n) is 5.77. The van der Waals surface area contributed by atoms with Crippen LogP contribution in [0.4, 0.5) is 0 Å². The minimum atomic E-state index is -0.830. The number of fused-ring (bicyclic) bond motifs is 1. The maximum Gasteiger partial charge on any atom is 0.224 e. The number of nitrogens with zero attached hydrogens (tertiary/aromatic N) is 1. The summed E-state index contributed by atoms with van der Waals surface area (Å²) in [5.41, 5.74) is 2.85. The van der Waals surface area contributed by atoms with Gasteiger partial charge in [-0.3, -0.25) is 4.79 Å².